The topological polar surface area (TPSA) is 72.5 Å². The molecule has 3 N–H and O–H groups in total. The molecule has 2 aromatic rings. The Hall–Kier alpha value is -2.54. The first-order valence-corrected chi connectivity index (χ1v) is 6.69. The van der Waals surface area contributed by atoms with Crippen LogP contribution < -0.4 is 10.5 Å². The predicted octanol–water partition coefficient (Wildman–Crippen LogP) is 3.21. The molecule has 7 heteroatoms. The number of benzene rings is 2. The molecule has 0 radical (unpaired) electrons. The van der Waals surface area contributed by atoms with Gasteiger partial charge in [-0.1, -0.05) is 42.5 Å². The fraction of sp³-hybridized carbons (Fsp3) is 0.188. The van der Waals surface area contributed by atoms with Crippen molar-refractivity contribution in [3.05, 3.63) is 54.1 Å². The van der Waals surface area contributed by atoms with Crippen molar-refractivity contribution in [3.8, 4) is 16.9 Å². The van der Waals surface area contributed by atoms with Gasteiger partial charge in [0, 0.05) is 5.56 Å². The summed E-state index contributed by atoms with van der Waals surface area (Å²) in [5.74, 6) is -1.53. The Morgan fingerprint density at radius 2 is 1.65 bits per heavy atom. The second kappa shape index (κ2) is 6.70. The van der Waals surface area contributed by atoms with Crippen LogP contribution in [0.3, 0.4) is 0 Å². The van der Waals surface area contributed by atoms with Crippen molar-refractivity contribution >= 4 is 5.97 Å². The first kappa shape index (κ1) is 16.8. The van der Waals surface area contributed by atoms with Crippen LogP contribution in [0.4, 0.5) is 13.2 Å². The molecule has 0 spiro atoms. The zero-order chi connectivity index (χ0) is 17.0. The van der Waals surface area contributed by atoms with Gasteiger partial charge in [-0.2, -0.15) is 0 Å². The van der Waals surface area contributed by atoms with E-state index in [9.17, 15) is 18.0 Å². The summed E-state index contributed by atoms with van der Waals surface area (Å²) in [4.78, 5) is 10.9. The second-order valence-corrected chi connectivity index (χ2v) is 4.85. The molecule has 0 aliphatic carbocycles. The highest BCUT2D eigenvalue weighted by molar-refractivity contribution is 5.77. The minimum Gasteiger partial charge on any atom is -0.480 e. The Bertz CT molecular complexity index is 701. The molecule has 0 saturated heterocycles. The van der Waals surface area contributed by atoms with E-state index in [0.29, 0.717) is 11.1 Å². The van der Waals surface area contributed by atoms with E-state index in [4.69, 9.17) is 10.8 Å². The summed E-state index contributed by atoms with van der Waals surface area (Å²) in [6.45, 7) is 0. The van der Waals surface area contributed by atoms with Crippen LogP contribution in [-0.2, 0) is 11.2 Å². The summed E-state index contributed by atoms with van der Waals surface area (Å²) in [6, 6.07) is 11.1. The molecule has 0 saturated carbocycles. The van der Waals surface area contributed by atoms with Gasteiger partial charge in [0.15, 0.2) is 0 Å². The Kier molecular flexibility index (Phi) is 4.90. The molecule has 0 amide bonds. The lowest BCUT2D eigenvalue weighted by Gasteiger charge is -2.16. The van der Waals surface area contributed by atoms with Crippen LogP contribution in [0, 0.1) is 0 Å². The normalized spacial score (nSPS) is 12.7. The van der Waals surface area contributed by atoms with Gasteiger partial charge < -0.3 is 15.6 Å². The monoisotopic (exact) mass is 325 g/mol. The number of halogens is 3. The van der Waals surface area contributed by atoms with Crippen molar-refractivity contribution in [2.45, 2.75) is 18.8 Å². The van der Waals surface area contributed by atoms with E-state index in [1.54, 1.807) is 30.3 Å². The number of hydrogen-bond donors (Lipinski definition) is 2. The molecule has 0 bridgehead atoms. The van der Waals surface area contributed by atoms with Crippen LogP contribution in [-0.4, -0.2) is 23.5 Å². The molecule has 4 nitrogen and oxygen atoms in total. The number of carboxylic acids is 1. The average molecular weight is 325 g/mol. The quantitative estimate of drug-likeness (QED) is 0.885. The van der Waals surface area contributed by atoms with Crippen molar-refractivity contribution in [1.82, 2.24) is 0 Å². The lowest BCUT2D eigenvalue weighted by atomic mass is 9.95. The molecule has 0 heterocycles. The molecule has 23 heavy (non-hydrogen) atoms. The van der Waals surface area contributed by atoms with E-state index >= 15 is 0 Å². The van der Waals surface area contributed by atoms with Gasteiger partial charge in [-0.25, -0.2) is 0 Å². The highest BCUT2D eigenvalue weighted by Crippen LogP contribution is 2.35. The Balaban J connectivity index is 2.45. The molecule has 0 fully saturated rings. The van der Waals surface area contributed by atoms with Crippen LogP contribution in [0.5, 0.6) is 5.75 Å². The maximum Gasteiger partial charge on any atom is 0.573 e. The first-order valence-electron chi connectivity index (χ1n) is 6.69. The molecule has 0 aromatic heterocycles. The average Bonchev–Trinajstić information content (AvgIpc) is 2.47. The zero-order valence-corrected chi connectivity index (χ0v) is 11.9. The number of carboxylic acid groups (broad SMARTS) is 1. The van der Waals surface area contributed by atoms with E-state index in [1.165, 1.54) is 18.2 Å². The molecular weight excluding hydrogens is 311 g/mol. The van der Waals surface area contributed by atoms with Gasteiger partial charge in [-0.05, 0) is 23.6 Å². The molecule has 0 aliphatic rings. The van der Waals surface area contributed by atoms with Crippen LogP contribution in [0.25, 0.3) is 11.1 Å². The summed E-state index contributed by atoms with van der Waals surface area (Å²) in [6.07, 6.45) is -4.83. The Morgan fingerprint density at radius 1 is 1.09 bits per heavy atom. The number of alkyl halides is 3. The third kappa shape index (κ3) is 4.46. The van der Waals surface area contributed by atoms with Gasteiger partial charge in [-0.15, -0.1) is 13.2 Å². The van der Waals surface area contributed by atoms with Crippen molar-refractivity contribution < 1.29 is 27.8 Å². The minimum atomic E-state index is -4.82. The molecule has 2 rings (SSSR count). The third-order valence-electron chi connectivity index (χ3n) is 3.18. The highest BCUT2D eigenvalue weighted by Gasteiger charge is 2.32. The fourth-order valence-electron chi connectivity index (χ4n) is 2.19. The van der Waals surface area contributed by atoms with Gasteiger partial charge in [0.25, 0.3) is 0 Å². The van der Waals surface area contributed by atoms with E-state index in [0.717, 1.165) is 0 Å². The van der Waals surface area contributed by atoms with Crippen molar-refractivity contribution in [2.24, 2.45) is 5.73 Å². The minimum absolute atomic E-state index is 0.00808. The Morgan fingerprint density at radius 3 is 2.26 bits per heavy atom. The summed E-state index contributed by atoms with van der Waals surface area (Å²) in [5.41, 5.74) is 6.72. The smallest absolute Gasteiger partial charge is 0.480 e. The summed E-state index contributed by atoms with van der Waals surface area (Å²) >= 11 is 0. The number of hydrogen-bond acceptors (Lipinski definition) is 3. The summed E-state index contributed by atoms with van der Waals surface area (Å²) in [5, 5.41) is 8.91. The number of para-hydroxylation sites is 1. The number of ether oxygens (including phenoxy) is 1. The summed E-state index contributed by atoms with van der Waals surface area (Å²) in [7, 11) is 0. The summed E-state index contributed by atoms with van der Waals surface area (Å²) < 4.78 is 41.6. The van der Waals surface area contributed by atoms with Crippen LogP contribution >= 0.6 is 0 Å². The van der Waals surface area contributed by atoms with Gasteiger partial charge in [0.2, 0.25) is 0 Å². The lowest BCUT2D eigenvalue weighted by Crippen LogP contribution is -2.32. The third-order valence-corrected chi connectivity index (χ3v) is 3.18. The molecule has 0 unspecified atom stereocenters. The van der Waals surface area contributed by atoms with E-state index in [1.807, 2.05) is 0 Å². The van der Waals surface area contributed by atoms with Crippen LogP contribution in [0.15, 0.2) is 48.5 Å². The first-order chi connectivity index (χ1) is 10.8. The SMILES string of the molecule is N[C@H](Cc1ccccc1-c1ccccc1OC(F)(F)F)C(=O)O. The molecule has 0 aliphatic heterocycles. The number of carbonyl (C=O) groups is 1. The predicted molar refractivity (Wildman–Crippen MR) is 77.9 cm³/mol. The largest absolute Gasteiger partial charge is 0.573 e. The maximum atomic E-state index is 12.5. The molecule has 2 aromatic carbocycles. The lowest BCUT2D eigenvalue weighted by molar-refractivity contribution is -0.274. The van der Waals surface area contributed by atoms with E-state index in [2.05, 4.69) is 4.74 Å². The van der Waals surface area contributed by atoms with E-state index < -0.39 is 18.4 Å². The van der Waals surface area contributed by atoms with E-state index in [-0.39, 0.29) is 17.7 Å². The molecule has 122 valence electrons. The number of rotatable bonds is 5. The standard InChI is InChI=1S/C16H14F3NO3/c17-16(18,19)23-14-8-4-3-7-12(14)11-6-2-1-5-10(11)9-13(20)15(21)22/h1-8,13H,9,20H2,(H,21,22)/t13-/m1/s1. The Labute approximate surface area is 130 Å². The number of aliphatic carboxylic acids is 1. The van der Waals surface area contributed by atoms with Crippen LogP contribution in [0.2, 0.25) is 0 Å². The van der Waals surface area contributed by atoms with Crippen molar-refractivity contribution in [3.63, 3.8) is 0 Å². The molecule has 1 atom stereocenters. The number of nitrogens with two attached hydrogens (primary N) is 1. The van der Waals surface area contributed by atoms with Gasteiger partial charge >= 0.3 is 12.3 Å². The second-order valence-electron chi connectivity index (χ2n) is 4.85. The van der Waals surface area contributed by atoms with Crippen LogP contribution in [0.1, 0.15) is 5.56 Å². The van der Waals surface area contributed by atoms with Gasteiger partial charge in [-0.3, -0.25) is 4.79 Å². The highest BCUT2D eigenvalue weighted by atomic mass is 19.4. The zero-order valence-electron chi connectivity index (χ0n) is 11.9. The fourth-order valence-corrected chi connectivity index (χ4v) is 2.19. The maximum absolute atomic E-state index is 12.5. The van der Waals surface area contributed by atoms with Crippen molar-refractivity contribution in [1.29, 1.82) is 0 Å². The van der Waals surface area contributed by atoms with Gasteiger partial charge in [0.05, 0.1) is 0 Å². The van der Waals surface area contributed by atoms with Crippen molar-refractivity contribution in [2.75, 3.05) is 0 Å². The molecular formula is C16H14F3NO3. The van der Waals surface area contributed by atoms with Gasteiger partial charge in [0.1, 0.15) is 11.8 Å².